The summed E-state index contributed by atoms with van der Waals surface area (Å²) in [4.78, 5) is 6.94. The summed E-state index contributed by atoms with van der Waals surface area (Å²) < 4.78 is 19.0. The van der Waals surface area contributed by atoms with E-state index in [2.05, 4.69) is 22.2 Å². The molecule has 21 heavy (non-hydrogen) atoms. The van der Waals surface area contributed by atoms with Crippen LogP contribution in [-0.2, 0) is 13.0 Å². The average molecular weight is 306 g/mol. The van der Waals surface area contributed by atoms with E-state index in [1.165, 1.54) is 17.1 Å². The number of aromatic nitrogens is 1. The average Bonchev–Trinajstić information content (AvgIpc) is 3.09. The van der Waals surface area contributed by atoms with Crippen molar-refractivity contribution in [3.05, 3.63) is 46.2 Å². The molecule has 0 aliphatic carbocycles. The van der Waals surface area contributed by atoms with Crippen molar-refractivity contribution in [2.75, 3.05) is 13.1 Å². The molecular formula is C16H19FN2OS. The van der Waals surface area contributed by atoms with Crippen LogP contribution in [0.3, 0.4) is 0 Å². The number of ether oxygens (including phenoxy) is 1. The van der Waals surface area contributed by atoms with Gasteiger partial charge in [-0.2, -0.15) is 0 Å². The van der Waals surface area contributed by atoms with Gasteiger partial charge in [0.25, 0.3) is 0 Å². The minimum absolute atomic E-state index is 0.135. The summed E-state index contributed by atoms with van der Waals surface area (Å²) >= 11 is 1.73. The second-order valence-electron chi connectivity index (χ2n) is 5.31. The third-order valence-corrected chi connectivity index (χ3v) is 4.66. The Balaban J connectivity index is 1.53. The summed E-state index contributed by atoms with van der Waals surface area (Å²) in [5.41, 5.74) is 1.14. The molecule has 0 bridgehead atoms. The molecule has 1 saturated heterocycles. The smallest absolute Gasteiger partial charge is 0.126 e. The normalized spacial score (nSPS) is 19.0. The fraction of sp³-hybridized carbons (Fsp3) is 0.438. The molecule has 1 aliphatic heterocycles. The second kappa shape index (κ2) is 6.54. The maximum Gasteiger partial charge on any atom is 0.126 e. The van der Waals surface area contributed by atoms with Gasteiger partial charge in [-0.05, 0) is 25.0 Å². The Kier molecular flexibility index (Phi) is 4.51. The lowest BCUT2D eigenvalue weighted by Crippen LogP contribution is -2.24. The highest BCUT2D eigenvalue weighted by Crippen LogP contribution is 2.21. The van der Waals surface area contributed by atoms with Crippen molar-refractivity contribution in [1.29, 1.82) is 0 Å². The summed E-state index contributed by atoms with van der Waals surface area (Å²) in [6.07, 6.45) is 2.10. The van der Waals surface area contributed by atoms with E-state index >= 15 is 0 Å². The van der Waals surface area contributed by atoms with E-state index in [-0.39, 0.29) is 11.9 Å². The Hall–Kier alpha value is -1.46. The topological polar surface area (TPSA) is 25.4 Å². The summed E-state index contributed by atoms with van der Waals surface area (Å²) in [5.74, 6) is 0.362. The molecule has 1 atom stereocenters. The molecule has 1 aromatic carbocycles. The molecule has 0 amide bonds. The molecule has 3 rings (SSSR count). The predicted molar refractivity (Wildman–Crippen MR) is 82.2 cm³/mol. The number of hydrogen-bond acceptors (Lipinski definition) is 4. The van der Waals surface area contributed by atoms with E-state index < -0.39 is 0 Å². The molecule has 0 N–H and O–H groups in total. The van der Waals surface area contributed by atoms with E-state index in [0.717, 1.165) is 38.2 Å². The molecule has 2 aromatic rings. The van der Waals surface area contributed by atoms with Crippen LogP contribution in [-0.4, -0.2) is 29.1 Å². The fourth-order valence-corrected chi connectivity index (χ4v) is 3.32. The standard InChI is InChI=1S/C16H19FN2OS/c1-2-16-18-13(11-21-16)9-19-7-6-15(10-19)20-14-5-3-4-12(17)8-14/h3-5,8,11,15H,2,6-7,9-10H2,1H3. The molecule has 1 unspecified atom stereocenters. The highest BCUT2D eigenvalue weighted by Gasteiger charge is 2.24. The van der Waals surface area contributed by atoms with Crippen LogP contribution in [0.2, 0.25) is 0 Å². The maximum absolute atomic E-state index is 13.1. The van der Waals surface area contributed by atoms with E-state index in [1.54, 1.807) is 23.5 Å². The monoisotopic (exact) mass is 306 g/mol. The highest BCUT2D eigenvalue weighted by atomic mass is 32.1. The molecule has 0 radical (unpaired) electrons. The first-order valence-electron chi connectivity index (χ1n) is 7.31. The number of likely N-dealkylation sites (tertiary alicyclic amines) is 1. The zero-order valence-electron chi connectivity index (χ0n) is 12.1. The minimum Gasteiger partial charge on any atom is -0.489 e. The van der Waals surface area contributed by atoms with Crippen molar-refractivity contribution in [2.45, 2.75) is 32.4 Å². The lowest BCUT2D eigenvalue weighted by Gasteiger charge is -2.16. The van der Waals surface area contributed by atoms with Crippen molar-refractivity contribution in [3.63, 3.8) is 0 Å². The summed E-state index contributed by atoms with van der Waals surface area (Å²) in [5, 5.41) is 3.33. The van der Waals surface area contributed by atoms with E-state index in [1.807, 2.05) is 0 Å². The van der Waals surface area contributed by atoms with Crippen molar-refractivity contribution >= 4 is 11.3 Å². The molecule has 1 aromatic heterocycles. The molecule has 112 valence electrons. The predicted octanol–water partition coefficient (Wildman–Crippen LogP) is 3.50. The van der Waals surface area contributed by atoms with Crippen LogP contribution in [0.15, 0.2) is 29.6 Å². The van der Waals surface area contributed by atoms with Crippen LogP contribution in [0, 0.1) is 5.82 Å². The largest absolute Gasteiger partial charge is 0.489 e. The summed E-state index contributed by atoms with van der Waals surface area (Å²) in [6, 6.07) is 6.36. The van der Waals surface area contributed by atoms with E-state index in [9.17, 15) is 4.39 Å². The first-order chi connectivity index (χ1) is 10.2. The van der Waals surface area contributed by atoms with Gasteiger partial charge in [-0.15, -0.1) is 11.3 Å². The number of aryl methyl sites for hydroxylation is 1. The van der Waals surface area contributed by atoms with Gasteiger partial charge >= 0.3 is 0 Å². The van der Waals surface area contributed by atoms with Gasteiger partial charge in [0.05, 0.1) is 10.7 Å². The number of rotatable bonds is 5. The highest BCUT2D eigenvalue weighted by molar-refractivity contribution is 7.09. The first-order valence-corrected chi connectivity index (χ1v) is 8.18. The zero-order valence-corrected chi connectivity index (χ0v) is 12.9. The van der Waals surface area contributed by atoms with Gasteiger partial charge in [-0.3, -0.25) is 4.90 Å². The maximum atomic E-state index is 13.1. The quantitative estimate of drug-likeness (QED) is 0.845. The van der Waals surface area contributed by atoms with Gasteiger partial charge in [0.15, 0.2) is 0 Å². The number of nitrogens with zero attached hydrogens (tertiary/aromatic N) is 2. The van der Waals surface area contributed by atoms with Crippen LogP contribution >= 0.6 is 11.3 Å². The van der Waals surface area contributed by atoms with Crippen molar-refractivity contribution in [3.8, 4) is 5.75 Å². The lowest BCUT2D eigenvalue weighted by atomic mass is 10.3. The van der Waals surface area contributed by atoms with E-state index in [0.29, 0.717) is 5.75 Å². The third kappa shape index (κ3) is 3.80. The van der Waals surface area contributed by atoms with Crippen LogP contribution in [0.5, 0.6) is 5.75 Å². The fourth-order valence-electron chi connectivity index (χ4n) is 2.58. The van der Waals surface area contributed by atoms with Gasteiger partial charge in [0.2, 0.25) is 0 Å². The Morgan fingerprint density at radius 3 is 3.14 bits per heavy atom. The van der Waals surface area contributed by atoms with Gasteiger partial charge in [0.1, 0.15) is 17.7 Å². The third-order valence-electron chi connectivity index (χ3n) is 3.62. The Morgan fingerprint density at radius 1 is 1.48 bits per heavy atom. The summed E-state index contributed by atoms with van der Waals surface area (Å²) in [6.45, 7) is 4.87. The first kappa shape index (κ1) is 14.5. The molecule has 1 fully saturated rings. The molecule has 2 heterocycles. The zero-order chi connectivity index (χ0) is 14.7. The minimum atomic E-state index is -0.253. The second-order valence-corrected chi connectivity index (χ2v) is 6.25. The summed E-state index contributed by atoms with van der Waals surface area (Å²) in [7, 11) is 0. The molecule has 3 nitrogen and oxygen atoms in total. The Bertz CT molecular complexity index is 601. The van der Waals surface area contributed by atoms with Crippen LogP contribution in [0.25, 0.3) is 0 Å². The lowest BCUT2D eigenvalue weighted by molar-refractivity contribution is 0.197. The molecule has 0 saturated carbocycles. The number of halogens is 1. The van der Waals surface area contributed by atoms with Crippen LogP contribution in [0.4, 0.5) is 4.39 Å². The SMILES string of the molecule is CCc1nc(CN2CCC(Oc3cccc(F)c3)C2)cs1. The van der Waals surface area contributed by atoms with E-state index in [4.69, 9.17) is 4.74 Å². The Labute approximate surface area is 128 Å². The van der Waals surface area contributed by atoms with Gasteiger partial charge < -0.3 is 4.74 Å². The van der Waals surface area contributed by atoms with Crippen LogP contribution < -0.4 is 4.74 Å². The Morgan fingerprint density at radius 2 is 2.38 bits per heavy atom. The van der Waals surface area contributed by atoms with Crippen molar-refractivity contribution in [2.24, 2.45) is 0 Å². The number of benzene rings is 1. The van der Waals surface area contributed by atoms with Crippen LogP contribution in [0.1, 0.15) is 24.0 Å². The molecular weight excluding hydrogens is 287 g/mol. The molecule has 0 spiro atoms. The van der Waals surface area contributed by atoms with Crippen molar-refractivity contribution < 1.29 is 9.13 Å². The van der Waals surface area contributed by atoms with Gasteiger partial charge in [-0.1, -0.05) is 13.0 Å². The number of hydrogen-bond donors (Lipinski definition) is 0. The van der Waals surface area contributed by atoms with Gasteiger partial charge in [-0.25, -0.2) is 9.37 Å². The van der Waals surface area contributed by atoms with Gasteiger partial charge in [0, 0.05) is 31.1 Å². The van der Waals surface area contributed by atoms with Crippen molar-refractivity contribution in [1.82, 2.24) is 9.88 Å². The molecule has 1 aliphatic rings. The number of thiazole rings is 1. The molecule has 5 heteroatoms.